The largest absolute Gasteiger partial charge is 0.458 e. The molecule has 0 radical (unpaired) electrons. The van der Waals surface area contributed by atoms with Crippen LogP contribution in [0.4, 0.5) is 0 Å². The third kappa shape index (κ3) is 3.50. The minimum Gasteiger partial charge on any atom is -0.458 e. The first-order chi connectivity index (χ1) is 6.74. The van der Waals surface area contributed by atoms with Gasteiger partial charge in [-0.1, -0.05) is 46.3 Å². The maximum atomic E-state index is 10.9. The van der Waals surface area contributed by atoms with Crippen LogP contribution in [-0.4, -0.2) is 11.3 Å². The molecule has 0 fully saturated rings. The van der Waals surface area contributed by atoms with E-state index in [1.54, 1.807) is 0 Å². The summed E-state index contributed by atoms with van der Waals surface area (Å²) in [6.07, 6.45) is 0.664. The van der Waals surface area contributed by atoms with Gasteiger partial charge in [-0.2, -0.15) is 0 Å². The molecule has 1 aromatic carbocycles. The molecule has 0 spiro atoms. The first-order valence-corrected chi connectivity index (χ1v) is 5.64. The van der Waals surface area contributed by atoms with Gasteiger partial charge in [-0.05, 0) is 12.0 Å². The van der Waals surface area contributed by atoms with Crippen LogP contribution < -0.4 is 0 Å². The van der Waals surface area contributed by atoms with Gasteiger partial charge in [0.25, 0.3) is 0 Å². The monoisotopic (exact) mass is 256 g/mol. The highest BCUT2D eigenvalue weighted by molar-refractivity contribution is 9.09. The summed E-state index contributed by atoms with van der Waals surface area (Å²) in [6, 6.07) is 9.77. The quantitative estimate of drug-likeness (QED) is 0.612. The van der Waals surface area contributed by atoms with E-state index in [2.05, 4.69) is 15.9 Å². The van der Waals surface area contributed by atoms with Gasteiger partial charge in [0.2, 0.25) is 0 Å². The second-order valence-corrected chi connectivity index (χ2v) is 3.78. The molecule has 0 saturated carbocycles. The highest BCUT2D eigenvalue weighted by atomic mass is 79.9. The molecule has 0 N–H and O–H groups in total. The van der Waals surface area contributed by atoms with Crippen LogP contribution >= 0.6 is 15.9 Å². The second-order valence-electron chi connectivity index (χ2n) is 2.99. The minimum absolute atomic E-state index is 0.131. The van der Waals surface area contributed by atoms with E-state index in [-0.39, 0.29) is 12.1 Å². The number of hydrogen-bond donors (Lipinski definition) is 0. The summed E-state index contributed by atoms with van der Waals surface area (Å²) in [5, 5.41) is 0.819. The molecule has 0 heterocycles. The normalized spacial score (nSPS) is 12.1. The van der Waals surface area contributed by atoms with Crippen molar-refractivity contribution in [2.24, 2.45) is 0 Å². The molecule has 2 nitrogen and oxygen atoms in total. The standard InChI is InChI=1S/C11H13BrO2/c1-9(13)14-11(7-8-12)10-5-3-2-4-6-10/h2-6,11H,7-8H2,1H3. The number of carbonyl (C=O) groups excluding carboxylic acids is 1. The van der Waals surface area contributed by atoms with Gasteiger partial charge in [0, 0.05) is 12.3 Å². The Morgan fingerprint density at radius 1 is 1.43 bits per heavy atom. The highest BCUT2D eigenvalue weighted by Gasteiger charge is 2.12. The summed E-state index contributed by atoms with van der Waals surface area (Å²) in [6.45, 7) is 1.43. The van der Waals surface area contributed by atoms with Crippen molar-refractivity contribution in [1.82, 2.24) is 0 Å². The average molecular weight is 257 g/mol. The van der Waals surface area contributed by atoms with Crippen LogP contribution in [0.3, 0.4) is 0 Å². The predicted molar refractivity (Wildman–Crippen MR) is 59.4 cm³/mol. The van der Waals surface area contributed by atoms with Crippen LogP contribution in [0, 0.1) is 0 Å². The number of benzene rings is 1. The lowest BCUT2D eigenvalue weighted by Gasteiger charge is -2.15. The molecule has 1 unspecified atom stereocenters. The Kier molecular flexibility index (Phi) is 4.66. The van der Waals surface area contributed by atoms with Crippen LogP contribution in [0.1, 0.15) is 25.0 Å². The molecule has 0 aliphatic heterocycles. The van der Waals surface area contributed by atoms with Crippen molar-refractivity contribution >= 4 is 21.9 Å². The summed E-state index contributed by atoms with van der Waals surface area (Å²) >= 11 is 3.35. The first kappa shape index (κ1) is 11.2. The fraction of sp³-hybridized carbons (Fsp3) is 0.364. The van der Waals surface area contributed by atoms with E-state index >= 15 is 0 Å². The van der Waals surface area contributed by atoms with Gasteiger partial charge in [-0.15, -0.1) is 0 Å². The zero-order valence-electron chi connectivity index (χ0n) is 8.07. The first-order valence-electron chi connectivity index (χ1n) is 4.52. The molecule has 0 aliphatic rings. The van der Waals surface area contributed by atoms with Gasteiger partial charge in [-0.25, -0.2) is 0 Å². The SMILES string of the molecule is CC(=O)OC(CCBr)c1ccccc1. The third-order valence-corrected chi connectivity index (χ3v) is 2.31. The second kappa shape index (κ2) is 5.81. The Bertz CT molecular complexity index is 285. The van der Waals surface area contributed by atoms with E-state index in [1.165, 1.54) is 6.92 Å². The molecule has 1 aromatic rings. The maximum absolute atomic E-state index is 10.9. The summed E-state index contributed by atoms with van der Waals surface area (Å²) in [7, 11) is 0. The molecule has 1 rings (SSSR count). The van der Waals surface area contributed by atoms with Crippen molar-refractivity contribution in [1.29, 1.82) is 0 Å². The highest BCUT2D eigenvalue weighted by Crippen LogP contribution is 2.21. The Labute approximate surface area is 92.4 Å². The van der Waals surface area contributed by atoms with Crippen LogP contribution in [0.15, 0.2) is 30.3 Å². The lowest BCUT2D eigenvalue weighted by atomic mass is 10.1. The Balaban J connectivity index is 2.72. The number of esters is 1. The molecule has 76 valence electrons. The van der Waals surface area contributed by atoms with Crippen molar-refractivity contribution in [3.05, 3.63) is 35.9 Å². The number of alkyl halides is 1. The van der Waals surface area contributed by atoms with E-state index in [4.69, 9.17) is 4.74 Å². The third-order valence-electron chi connectivity index (χ3n) is 1.85. The lowest BCUT2D eigenvalue weighted by molar-refractivity contribution is -0.146. The zero-order valence-corrected chi connectivity index (χ0v) is 9.66. The van der Waals surface area contributed by atoms with Crippen LogP contribution in [0.2, 0.25) is 0 Å². The van der Waals surface area contributed by atoms with Gasteiger partial charge >= 0.3 is 5.97 Å². The lowest BCUT2D eigenvalue weighted by Crippen LogP contribution is -2.08. The van der Waals surface area contributed by atoms with Crippen molar-refractivity contribution < 1.29 is 9.53 Å². The maximum Gasteiger partial charge on any atom is 0.303 e. The smallest absolute Gasteiger partial charge is 0.303 e. The van der Waals surface area contributed by atoms with E-state index in [0.717, 1.165) is 17.3 Å². The fourth-order valence-corrected chi connectivity index (χ4v) is 1.68. The van der Waals surface area contributed by atoms with Gasteiger partial charge in [0.05, 0.1) is 0 Å². The molecule has 0 bridgehead atoms. The topological polar surface area (TPSA) is 26.3 Å². The summed E-state index contributed by atoms with van der Waals surface area (Å²) in [4.78, 5) is 10.9. The minimum atomic E-state index is -0.236. The van der Waals surface area contributed by atoms with Crippen molar-refractivity contribution in [3.63, 3.8) is 0 Å². The molecule has 3 heteroatoms. The van der Waals surface area contributed by atoms with Gasteiger partial charge in [-0.3, -0.25) is 4.79 Å². The van der Waals surface area contributed by atoms with Gasteiger partial charge in [0.1, 0.15) is 6.10 Å². The molecular formula is C11H13BrO2. The van der Waals surface area contributed by atoms with E-state index < -0.39 is 0 Å². The zero-order chi connectivity index (χ0) is 10.4. The summed E-state index contributed by atoms with van der Waals surface area (Å²) in [5.74, 6) is -0.236. The average Bonchev–Trinajstić information content (AvgIpc) is 2.18. The Morgan fingerprint density at radius 3 is 2.57 bits per heavy atom. The Morgan fingerprint density at radius 2 is 2.07 bits per heavy atom. The molecule has 0 amide bonds. The number of hydrogen-bond acceptors (Lipinski definition) is 2. The van der Waals surface area contributed by atoms with Crippen molar-refractivity contribution in [2.75, 3.05) is 5.33 Å². The number of carbonyl (C=O) groups is 1. The molecule has 0 saturated heterocycles. The van der Waals surface area contributed by atoms with Crippen molar-refractivity contribution in [3.8, 4) is 0 Å². The van der Waals surface area contributed by atoms with Crippen LogP contribution in [0.5, 0.6) is 0 Å². The summed E-state index contributed by atoms with van der Waals surface area (Å²) < 4.78 is 5.21. The van der Waals surface area contributed by atoms with Crippen LogP contribution in [0.25, 0.3) is 0 Å². The molecule has 0 aromatic heterocycles. The molecular weight excluding hydrogens is 244 g/mol. The van der Waals surface area contributed by atoms with E-state index in [0.29, 0.717) is 0 Å². The fourth-order valence-electron chi connectivity index (χ4n) is 1.26. The van der Waals surface area contributed by atoms with E-state index in [1.807, 2.05) is 30.3 Å². The van der Waals surface area contributed by atoms with Gasteiger partial charge < -0.3 is 4.74 Å². The number of rotatable bonds is 4. The molecule has 0 aliphatic carbocycles. The van der Waals surface area contributed by atoms with Gasteiger partial charge in [0.15, 0.2) is 0 Å². The Hall–Kier alpha value is -0.830. The molecule has 14 heavy (non-hydrogen) atoms. The predicted octanol–water partition coefficient (Wildman–Crippen LogP) is 3.08. The van der Waals surface area contributed by atoms with E-state index in [9.17, 15) is 4.79 Å². The summed E-state index contributed by atoms with van der Waals surface area (Å²) in [5.41, 5.74) is 1.04. The molecule has 1 atom stereocenters. The number of halogens is 1. The van der Waals surface area contributed by atoms with Crippen molar-refractivity contribution in [2.45, 2.75) is 19.4 Å². The number of ether oxygens (including phenoxy) is 1. The van der Waals surface area contributed by atoms with Crippen LogP contribution in [-0.2, 0) is 9.53 Å².